The quantitative estimate of drug-likeness (QED) is 0.566. The molecule has 2 N–H and O–H groups in total. The number of nitrogens with zero attached hydrogens (tertiary/aromatic N) is 4. The molecule has 1 unspecified atom stereocenters. The Hall–Kier alpha value is -1.35. The summed E-state index contributed by atoms with van der Waals surface area (Å²) in [5.74, 6) is 0.803. The number of ether oxygens (including phenoxy) is 1. The first-order valence-electron chi connectivity index (χ1n) is 10.9. The van der Waals surface area contributed by atoms with Crippen molar-refractivity contribution in [2.75, 3.05) is 46.4 Å². The van der Waals surface area contributed by atoms with E-state index >= 15 is 0 Å². The van der Waals surface area contributed by atoms with Crippen LogP contribution in [0.5, 0.6) is 5.75 Å². The molecule has 1 saturated heterocycles. The monoisotopic (exact) mass is 487 g/mol. The summed E-state index contributed by atoms with van der Waals surface area (Å²) in [5.41, 5.74) is 4.86. The summed E-state index contributed by atoms with van der Waals surface area (Å²) >= 11 is 0. The van der Waals surface area contributed by atoms with E-state index in [4.69, 9.17) is 4.74 Å². The second-order valence-corrected chi connectivity index (χ2v) is 8.46. The Morgan fingerprint density at radius 3 is 2.50 bits per heavy atom. The third-order valence-corrected chi connectivity index (χ3v) is 5.81. The second-order valence-electron chi connectivity index (χ2n) is 8.46. The Kier molecular flexibility index (Phi) is 12.6. The Balaban J connectivity index is 0.00000256. The van der Waals surface area contributed by atoms with Crippen molar-refractivity contribution >= 4 is 24.8 Å². The molecule has 0 aliphatic carbocycles. The van der Waals surface area contributed by atoms with Crippen LogP contribution in [-0.2, 0) is 20.1 Å². The maximum Gasteiger partial charge on any atom is 0.119 e. The number of halogens is 2. The van der Waals surface area contributed by atoms with Crippen LogP contribution in [0.2, 0.25) is 0 Å². The first kappa shape index (κ1) is 28.7. The summed E-state index contributed by atoms with van der Waals surface area (Å²) in [4.78, 5) is 4.60. The average molecular weight is 489 g/mol. The van der Waals surface area contributed by atoms with Gasteiger partial charge >= 0.3 is 0 Å². The van der Waals surface area contributed by atoms with Crippen molar-refractivity contribution in [1.29, 1.82) is 0 Å². The van der Waals surface area contributed by atoms with Crippen LogP contribution in [0.25, 0.3) is 0 Å². The van der Waals surface area contributed by atoms with Gasteiger partial charge in [0.1, 0.15) is 18.5 Å². The maximum absolute atomic E-state index is 10.3. The van der Waals surface area contributed by atoms with Gasteiger partial charge in [-0.15, -0.1) is 24.8 Å². The lowest BCUT2D eigenvalue weighted by Gasteiger charge is -2.23. The van der Waals surface area contributed by atoms with Crippen LogP contribution >= 0.6 is 24.8 Å². The van der Waals surface area contributed by atoms with Gasteiger partial charge in [0.2, 0.25) is 0 Å². The molecule has 9 heteroatoms. The minimum Gasteiger partial charge on any atom is -0.491 e. The number of aryl methyl sites for hydroxylation is 2. The van der Waals surface area contributed by atoms with Crippen LogP contribution in [0.15, 0.2) is 24.3 Å². The molecule has 0 bridgehead atoms. The maximum atomic E-state index is 10.3. The van der Waals surface area contributed by atoms with Crippen LogP contribution in [0, 0.1) is 13.8 Å². The molecule has 1 fully saturated rings. The van der Waals surface area contributed by atoms with Crippen molar-refractivity contribution in [3.63, 3.8) is 0 Å². The predicted molar refractivity (Wildman–Crippen MR) is 134 cm³/mol. The third kappa shape index (κ3) is 8.54. The second kappa shape index (κ2) is 14.0. The van der Waals surface area contributed by atoms with Crippen molar-refractivity contribution in [2.45, 2.75) is 39.5 Å². The highest BCUT2D eigenvalue weighted by Gasteiger charge is 2.15. The zero-order valence-electron chi connectivity index (χ0n) is 19.7. The number of aliphatic hydroxyl groups is 1. The fourth-order valence-electron chi connectivity index (χ4n) is 4.00. The molecular formula is C23H39Cl2N5O2. The van der Waals surface area contributed by atoms with Gasteiger partial charge in [-0.1, -0.05) is 12.1 Å². The summed E-state index contributed by atoms with van der Waals surface area (Å²) in [6, 6.07) is 8.18. The van der Waals surface area contributed by atoms with Gasteiger partial charge in [0.25, 0.3) is 0 Å². The predicted octanol–water partition coefficient (Wildman–Crippen LogP) is 2.55. The Morgan fingerprint density at radius 2 is 1.84 bits per heavy atom. The summed E-state index contributed by atoms with van der Waals surface area (Å²) in [7, 11) is 4.12. The molecule has 32 heavy (non-hydrogen) atoms. The number of hydrogen-bond acceptors (Lipinski definition) is 6. The first-order valence-corrected chi connectivity index (χ1v) is 10.9. The summed E-state index contributed by atoms with van der Waals surface area (Å²) in [5, 5.41) is 18.2. The molecule has 3 rings (SSSR count). The Morgan fingerprint density at radius 1 is 1.12 bits per heavy atom. The number of nitrogens with one attached hydrogen (secondary N) is 1. The molecule has 1 atom stereocenters. The Labute approximate surface area is 204 Å². The molecular weight excluding hydrogens is 449 g/mol. The molecule has 0 radical (unpaired) electrons. The van der Waals surface area contributed by atoms with Crippen LogP contribution in [0.4, 0.5) is 0 Å². The summed E-state index contributed by atoms with van der Waals surface area (Å²) < 4.78 is 7.76. The van der Waals surface area contributed by atoms with Crippen molar-refractivity contribution in [3.05, 3.63) is 46.8 Å². The van der Waals surface area contributed by atoms with Crippen molar-refractivity contribution in [3.8, 4) is 5.75 Å². The van der Waals surface area contributed by atoms with Crippen LogP contribution in [-0.4, -0.2) is 77.2 Å². The molecule has 2 heterocycles. The summed E-state index contributed by atoms with van der Waals surface area (Å²) in [6.45, 7) is 11.0. The fraction of sp³-hybridized carbons (Fsp3) is 0.609. The van der Waals surface area contributed by atoms with Crippen molar-refractivity contribution in [2.24, 2.45) is 7.05 Å². The minimum absolute atomic E-state index is 0. The normalized spacial score (nSPS) is 15.6. The lowest BCUT2D eigenvalue weighted by atomic mass is 10.1. The van der Waals surface area contributed by atoms with E-state index in [1.165, 1.54) is 16.8 Å². The number of β-amino-alcohol motifs (C(OH)–C–C–N with tert-alkyl or cyclic N) is 1. The van der Waals surface area contributed by atoms with Crippen LogP contribution < -0.4 is 10.1 Å². The smallest absolute Gasteiger partial charge is 0.119 e. The molecule has 7 nitrogen and oxygen atoms in total. The van der Waals surface area contributed by atoms with Gasteiger partial charge < -0.3 is 15.2 Å². The topological polar surface area (TPSA) is 65.8 Å². The van der Waals surface area contributed by atoms with Gasteiger partial charge in [-0.3, -0.25) is 14.5 Å². The fourth-order valence-corrected chi connectivity index (χ4v) is 4.00. The van der Waals surface area contributed by atoms with E-state index in [0.29, 0.717) is 13.2 Å². The number of hydrogen-bond donors (Lipinski definition) is 2. The molecule has 1 aromatic carbocycles. The number of aromatic nitrogens is 2. The Bertz CT molecular complexity index is 792. The molecule has 2 aromatic rings. The minimum atomic E-state index is -0.472. The van der Waals surface area contributed by atoms with Crippen molar-refractivity contribution < 1.29 is 9.84 Å². The van der Waals surface area contributed by atoms with Gasteiger partial charge in [0, 0.05) is 51.0 Å². The zero-order valence-corrected chi connectivity index (χ0v) is 21.3. The highest BCUT2D eigenvalue weighted by atomic mass is 35.5. The molecule has 0 amide bonds. The highest BCUT2D eigenvalue weighted by molar-refractivity contribution is 5.85. The van der Waals surface area contributed by atoms with E-state index in [2.05, 4.69) is 53.2 Å². The zero-order chi connectivity index (χ0) is 21.5. The van der Waals surface area contributed by atoms with E-state index in [1.54, 1.807) is 0 Å². The molecule has 1 aromatic heterocycles. The molecule has 0 spiro atoms. The van der Waals surface area contributed by atoms with E-state index in [1.807, 2.05) is 23.9 Å². The number of aliphatic hydroxyl groups excluding tert-OH is 1. The van der Waals surface area contributed by atoms with Crippen molar-refractivity contribution in [1.82, 2.24) is 24.9 Å². The summed E-state index contributed by atoms with van der Waals surface area (Å²) in [6.07, 6.45) is 0.656. The molecule has 0 saturated carbocycles. The molecule has 1 aliphatic rings. The van der Waals surface area contributed by atoms with E-state index in [-0.39, 0.29) is 24.8 Å². The molecule has 182 valence electrons. The largest absolute Gasteiger partial charge is 0.491 e. The first-order chi connectivity index (χ1) is 14.4. The van der Waals surface area contributed by atoms with Gasteiger partial charge in [-0.2, -0.15) is 5.10 Å². The van der Waals surface area contributed by atoms with E-state index < -0.39 is 6.10 Å². The third-order valence-electron chi connectivity index (χ3n) is 5.81. The van der Waals surface area contributed by atoms with Crippen LogP contribution in [0.1, 0.15) is 28.9 Å². The van der Waals surface area contributed by atoms with Gasteiger partial charge in [-0.05, 0) is 58.1 Å². The lowest BCUT2D eigenvalue weighted by Crippen LogP contribution is -2.37. The average Bonchev–Trinajstić information content (AvgIpc) is 2.90. The van der Waals surface area contributed by atoms with Crippen LogP contribution in [0.3, 0.4) is 0 Å². The highest BCUT2D eigenvalue weighted by Crippen LogP contribution is 2.17. The molecule has 1 aliphatic heterocycles. The number of benzene rings is 1. The van der Waals surface area contributed by atoms with E-state index in [0.717, 1.165) is 57.1 Å². The van der Waals surface area contributed by atoms with E-state index in [9.17, 15) is 5.11 Å². The van der Waals surface area contributed by atoms with Gasteiger partial charge in [0.15, 0.2) is 0 Å². The van der Waals surface area contributed by atoms with Gasteiger partial charge in [-0.25, -0.2) is 0 Å². The SMILES string of the molecule is Cc1nn(C)c(C)c1CN(C)Cc1ccc(OCC(O)CN2CCCNCC2)cc1.Cl.Cl. The lowest BCUT2D eigenvalue weighted by molar-refractivity contribution is 0.0703. The standard InChI is InChI=1S/C23H37N5O2.2ClH/c1-18-23(19(2)27(4)25-18)16-26(3)14-20-6-8-22(9-7-20)30-17-21(29)15-28-12-5-10-24-11-13-28;;/h6-9,21,24,29H,5,10-17H2,1-4H3;2*1H. The number of rotatable bonds is 9. The van der Waals surface area contributed by atoms with Gasteiger partial charge in [0.05, 0.1) is 5.69 Å².